The minimum Gasteiger partial charge on any atom is -0.754 e. The molecule has 1 N–H and O–H groups in total. The van der Waals surface area contributed by atoms with Gasteiger partial charge in [-0.3, -0.25) is 13.8 Å². The lowest BCUT2D eigenvalue weighted by Gasteiger charge is -2.38. The van der Waals surface area contributed by atoms with Crippen LogP contribution in [0.2, 0.25) is 0 Å². The van der Waals surface area contributed by atoms with E-state index in [4.69, 9.17) is 4.84 Å². The monoisotopic (exact) mass is 764 g/mol. The number of aromatic nitrogens is 2. The number of anilines is 2. The van der Waals surface area contributed by atoms with Crippen LogP contribution >= 0.6 is 0 Å². The molecule has 4 aliphatic rings. The zero-order chi connectivity index (χ0) is 37.5. The van der Waals surface area contributed by atoms with Crippen molar-refractivity contribution in [1.29, 1.82) is 0 Å². The lowest BCUT2D eigenvalue weighted by Crippen LogP contribution is -2.49. The van der Waals surface area contributed by atoms with Gasteiger partial charge >= 0.3 is 5.97 Å². The predicted octanol–water partition coefficient (Wildman–Crippen LogP) is 5.00. The summed E-state index contributed by atoms with van der Waals surface area (Å²) in [6.07, 6.45) is 5.78. The maximum Gasteiger partial charge on any atom is 0.328 e. The van der Waals surface area contributed by atoms with Gasteiger partial charge in [0, 0.05) is 87.0 Å². The molecule has 0 bridgehead atoms. The average molecular weight is 765 g/mol. The van der Waals surface area contributed by atoms with Crippen LogP contribution in [0.25, 0.3) is 22.2 Å². The number of alkyl halides is 1. The van der Waals surface area contributed by atoms with Crippen molar-refractivity contribution in [3.05, 3.63) is 77.6 Å². The fourth-order valence-electron chi connectivity index (χ4n) is 7.70. The second-order valence-electron chi connectivity index (χ2n) is 14.6. The number of hydrogen-bond acceptors (Lipinski definition) is 10. The summed E-state index contributed by atoms with van der Waals surface area (Å²) in [7, 11) is 0. The van der Waals surface area contributed by atoms with E-state index in [1.807, 2.05) is 17.2 Å². The van der Waals surface area contributed by atoms with E-state index in [1.54, 1.807) is 12.3 Å². The number of carbonyl (C=O) groups excluding carboxylic acids is 2. The second kappa shape index (κ2) is 15.4. The fraction of sp³-hybridized carbons (Fsp3) is 0.447. The topological polar surface area (TPSA) is 128 Å². The molecule has 1 aliphatic carbocycles. The molecule has 16 heteroatoms. The Bertz CT molecular complexity index is 2050. The maximum absolute atomic E-state index is 15.9. The van der Waals surface area contributed by atoms with E-state index in [2.05, 4.69) is 31.9 Å². The summed E-state index contributed by atoms with van der Waals surface area (Å²) in [5, 5.41) is 3.27. The molecule has 2 aromatic carbocycles. The van der Waals surface area contributed by atoms with E-state index >= 15 is 8.78 Å². The number of fused-ring (bicyclic) bond motifs is 1. The molecule has 54 heavy (non-hydrogen) atoms. The van der Waals surface area contributed by atoms with E-state index in [1.165, 1.54) is 6.20 Å². The predicted molar refractivity (Wildman–Crippen MR) is 196 cm³/mol. The number of halogens is 3. The van der Waals surface area contributed by atoms with Gasteiger partial charge in [-0.1, -0.05) is 12.1 Å². The van der Waals surface area contributed by atoms with Gasteiger partial charge < -0.3 is 24.2 Å². The number of nitrogens with zero attached hydrogens (tertiary/aromatic N) is 6. The highest BCUT2D eigenvalue weighted by Gasteiger charge is 2.35. The van der Waals surface area contributed by atoms with Gasteiger partial charge in [-0.25, -0.2) is 27.6 Å². The van der Waals surface area contributed by atoms with Crippen LogP contribution in [0.1, 0.15) is 48.0 Å². The number of hydrogen-bond donors (Lipinski definition) is 1. The summed E-state index contributed by atoms with van der Waals surface area (Å²) in [6, 6.07) is 11.6. The normalized spacial score (nSPS) is 21.1. The number of rotatable bonds is 11. The number of H-pyrrole nitrogens is 1. The van der Waals surface area contributed by atoms with E-state index in [0.717, 1.165) is 99.9 Å². The van der Waals surface area contributed by atoms with Crippen LogP contribution in [0.3, 0.4) is 0 Å². The van der Waals surface area contributed by atoms with Crippen molar-refractivity contribution in [3.8, 4) is 11.1 Å². The smallest absolute Gasteiger partial charge is 0.328 e. The zero-order valence-electron chi connectivity index (χ0n) is 29.6. The molecule has 0 amide bonds. The van der Waals surface area contributed by atoms with Crippen LogP contribution in [0.15, 0.2) is 54.9 Å². The first-order chi connectivity index (χ1) is 26.1. The zero-order valence-corrected chi connectivity index (χ0v) is 30.4. The van der Waals surface area contributed by atoms with Crippen molar-refractivity contribution in [2.75, 3.05) is 68.2 Å². The Morgan fingerprint density at radius 1 is 0.944 bits per heavy atom. The number of ketones is 1. The molecule has 8 rings (SSSR count). The first kappa shape index (κ1) is 36.6. The Morgan fingerprint density at radius 2 is 1.69 bits per heavy atom. The third kappa shape index (κ3) is 7.62. The molecular weight excluding hydrogens is 724 g/mol. The molecule has 0 radical (unpaired) electrons. The number of aromatic amines is 1. The third-order valence-electron chi connectivity index (χ3n) is 10.9. The molecule has 2 aromatic heterocycles. The van der Waals surface area contributed by atoms with Crippen molar-refractivity contribution < 1.29 is 36.4 Å². The fourth-order valence-corrected chi connectivity index (χ4v) is 8.34. The van der Waals surface area contributed by atoms with E-state index in [0.29, 0.717) is 26.9 Å². The summed E-state index contributed by atoms with van der Waals surface area (Å²) in [4.78, 5) is 43.5. The van der Waals surface area contributed by atoms with Crippen molar-refractivity contribution >= 4 is 45.4 Å². The van der Waals surface area contributed by atoms with Crippen molar-refractivity contribution in [3.63, 3.8) is 0 Å². The van der Waals surface area contributed by atoms with Gasteiger partial charge in [0.15, 0.2) is 5.82 Å². The second-order valence-corrected chi connectivity index (χ2v) is 15.4. The standard InChI is InChI=1S/C38H42F3N7O5S/c39-28-11-14-46(23-28)48(54(51)52)33-8-7-32(40)34(35(33)41)36(49)31-21-43-37-30(31)19-27(20-42-37)25-3-5-29(6-4-25)45-12-9-24(10-13-45)22-44-15-17-47(18-16-44)53-38(50)26-1-2-26/h3-8,19-21,24,26,28H,1-2,9-18,22-23H2,(H,42,43)(H,51,52)/p-1/t28-/m1/s1. The first-order valence-corrected chi connectivity index (χ1v) is 19.5. The van der Waals surface area contributed by atoms with Gasteiger partial charge in [-0.2, -0.15) is 0 Å². The molecule has 4 fully saturated rings. The molecule has 5 heterocycles. The number of benzene rings is 2. The summed E-state index contributed by atoms with van der Waals surface area (Å²) in [5.74, 6) is -2.89. The van der Waals surface area contributed by atoms with Crippen LogP contribution in [0, 0.1) is 23.5 Å². The molecule has 2 atom stereocenters. The largest absolute Gasteiger partial charge is 0.754 e. The number of hydrazine groups is 1. The minimum absolute atomic E-state index is 0.00669. The maximum atomic E-state index is 15.9. The summed E-state index contributed by atoms with van der Waals surface area (Å²) < 4.78 is 69.7. The van der Waals surface area contributed by atoms with Gasteiger partial charge in [-0.05, 0) is 73.9 Å². The SMILES string of the molecule is O=C(c1c(F)ccc(N(N2CC[C@@H](F)C2)S(=O)[O-])c1F)c1c[nH]c2ncc(-c3ccc(N4CCC(CN5CCN(OC(=O)C6CC6)CC5)CC4)cc3)cc12. The molecule has 3 aliphatic heterocycles. The van der Waals surface area contributed by atoms with Crippen LogP contribution in [-0.4, -0.2) is 111 Å². The number of nitrogens with one attached hydrogen (secondary N) is 1. The Balaban J connectivity index is 0.917. The lowest BCUT2D eigenvalue weighted by atomic mass is 9.95. The van der Waals surface area contributed by atoms with Gasteiger partial charge in [0.25, 0.3) is 0 Å². The molecule has 12 nitrogen and oxygen atoms in total. The van der Waals surface area contributed by atoms with E-state index < -0.39 is 46.1 Å². The van der Waals surface area contributed by atoms with Crippen molar-refractivity contribution in [1.82, 2.24) is 24.9 Å². The summed E-state index contributed by atoms with van der Waals surface area (Å²) >= 11 is -3.06. The molecular formula is C38H41F3N7O5S-. The van der Waals surface area contributed by atoms with Crippen molar-refractivity contribution in [2.45, 2.75) is 38.3 Å². The molecule has 1 saturated carbocycles. The molecule has 286 valence electrons. The van der Waals surface area contributed by atoms with Gasteiger partial charge in [0.05, 0.1) is 29.3 Å². The highest BCUT2D eigenvalue weighted by molar-refractivity contribution is 7.80. The first-order valence-electron chi connectivity index (χ1n) is 18.5. The Kier molecular flexibility index (Phi) is 10.5. The van der Waals surface area contributed by atoms with E-state index in [9.17, 15) is 22.7 Å². The number of carbonyl (C=O) groups is 2. The van der Waals surface area contributed by atoms with Crippen LogP contribution in [0.4, 0.5) is 24.5 Å². The third-order valence-corrected chi connectivity index (χ3v) is 11.7. The number of pyridine rings is 1. The number of piperidine rings is 1. The highest BCUT2D eigenvalue weighted by atomic mass is 32.2. The Hall–Kier alpha value is -4.35. The lowest BCUT2D eigenvalue weighted by molar-refractivity contribution is -0.199. The molecule has 4 aromatic rings. The number of hydroxylamine groups is 2. The quantitative estimate of drug-likeness (QED) is 0.165. The number of piperazine rings is 1. The van der Waals surface area contributed by atoms with Crippen molar-refractivity contribution in [2.24, 2.45) is 11.8 Å². The molecule has 0 spiro atoms. The highest BCUT2D eigenvalue weighted by Crippen LogP contribution is 2.34. The van der Waals surface area contributed by atoms with Gasteiger partial charge in [-0.15, -0.1) is 5.06 Å². The minimum atomic E-state index is -3.06. The Morgan fingerprint density at radius 3 is 2.35 bits per heavy atom. The van der Waals surface area contributed by atoms with Crippen LogP contribution in [-0.2, 0) is 20.9 Å². The van der Waals surface area contributed by atoms with Crippen LogP contribution in [0.5, 0.6) is 0 Å². The van der Waals surface area contributed by atoms with Gasteiger partial charge in [0.2, 0.25) is 5.78 Å². The summed E-state index contributed by atoms with van der Waals surface area (Å²) in [5.41, 5.74) is 1.44. The molecule has 1 unspecified atom stereocenters. The molecule has 3 saturated heterocycles. The Labute approximate surface area is 313 Å². The van der Waals surface area contributed by atoms with Crippen LogP contribution < -0.4 is 9.31 Å². The average Bonchev–Trinajstić information content (AvgIpc) is 3.82. The van der Waals surface area contributed by atoms with Gasteiger partial charge in [0.1, 0.15) is 23.3 Å². The summed E-state index contributed by atoms with van der Waals surface area (Å²) in [6.45, 7) is 5.92. The van der Waals surface area contributed by atoms with E-state index in [-0.39, 0.29) is 37.0 Å².